The Labute approximate surface area is 114 Å². The third kappa shape index (κ3) is 3.96. The van der Waals surface area contributed by atoms with Crippen LogP contribution in [0.2, 0.25) is 0 Å². The minimum atomic E-state index is -0.160. The molecule has 0 radical (unpaired) electrons. The summed E-state index contributed by atoms with van der Waals surface area (Å²) < 4.78 is 0. The minimum Gasteiger partial charge on any atom is -0.508 e. The van der Waals surface area contributed by atoms with E-state index in [9.17, 15) is 9.90 Å². The molecule has 1 aliphatic heterocycles. The van der Waals surface area contributed by atoms with Crippen LogP contribution in [0.25, 0.3) is 0 Å². The van der Waals surface area contributed by atoms with E-state index in [0.717, 1.165) is 31.5 Å². The van der Waals surface area contributed by atoms with Crippen LogP contribution < -0.4 is 5.32 Å². The molecule has 0 aromatic heterocycles. The van der Waals surface area contributed by atoms with Crippen LogP contribution in [0.3, 0.4) is 0 Å². The van der Waals surface area contributed by atoms with Gasteiger partial charge in [-0.25, -0.2) is 0 Å². The van der Waals surface area contributed by atoms with Gasteiger partial charge in [0.05, 0.1) is 6.04 Å². The molecule has 1 atom stereocenters. The molecular formula is C15H22N2O2. The molecule has 2 N–H and O–H groups in total. The zero-order valence-electron chi connectivity index (χ0n) is 11.4. The van der Waals surface area contributed by atoms with E-state index >= 15 is 0 Å². The maximum absolute atomic E-state index is 12.2. The van der Waals surface area contributed by atoms with Crippen LogP contribution in [0.15, 0.2) is 24.3 Å². The SMILES string of the molecule is CC(NCc1ccc(O)cc1)C(=O)N1CCCCC1. The number of carbonyl (C=O) groups excluding carboxylic acids is 1. The van der Waals surface area contributed by atoms with Crippen molar-refractivity contribution < 1.29 is 9.90 Å². The standard InChI is InChI=1S/C15H22N2O2/c1-12(15(19)17-9-3-2-4-10-17)16-11-13-5-7-14(18)8-6-13/h5-8,12,16,18H,2-4,9-11H2,1H3. The molecule has 1 saturated heterocycles. The van der Waals surface area contributed by atoms with Crippen molar-refractivity contribution in [1.82, 2.24) is 10.2 Å². The largest absolute Gasteiger partial charge is 0.508 e. The number of amides is 1. The molecule has 1 aromatic carbocycles. The van der Waals surface area contributed by atoms with Gasteiger partial charge in [-0.15, -0.1) is 0 Å². The Morgan fingerprint density at radius 1 is 1.26 bits per heavy atom. The van der Waals surface area contributed by atoms with Gasteiger partial charge < -0.3 is 15.3 Å². The van der Waals surface area contributed by atoms with E-state index in [4.69, 9.17) is 0 Å². The summed E-state index contributed by atoms with van der Waals surface area (Å²) in [4.78, 5) is 14.2. The van der Waals surface area contributed by atoms with Gasteiger partial charge in [0.1, 0.15) is 5.75 Å². The summed E-state index contributed by atoms with van der Waals surface area (Å²) in [6.45, 7) is 4.34. The molecule has 104 valence electrons. The number of likely N-dealkylation sites (tertiary alicyclic amines) is 1. The van der Waals surface area contributed by atoms with Crippen molar-refractivity contribution in [3.8, 4) is 5.75 Å². The number of hydrogen-bond donors (Lipinski definition) is 2. The second kappa shape index (κ2) is 6.57. The number of benzene rings is 1. The van der Waals surface area contributed by atoms with Crippen molar-refractivity contribution in [2.45, 2.75) is 38.8 Å². The molecule has 1 unspecified atom stereocenters. The van der Waals surface area contributed by atoms with Crippen LogP contribution in [0.4, 0.5) is 0 Å². The average Bonchev–Trinajstić information content (AvgIpc) is 2.46. The average molecular weight is 262 g/mol. The molecule has 0 aliphatic carbocycles. The predicted octanol–water partition coefficient (Wildman–Crippen LogP) is 1.88. The van der Waals surface area contributed by atoms with E-state index in [2.05, 4.69) is 5.32 Å². The van der Waals surface area contributed by atoms with Crippen LogP contribution in [-0.4, -0.2) is 35.0 Å². The predicted molar refractivity (Wildman–Crippen MR) is 74.8 cm³/mol. The summed E-state index contributed by atoms with van der Waals surface area (Å²) in [5.41, 5.74) is 1.07. The maximum atomic E-state index is 12.2. The molecular weight excluding hydrogens is 240 g/mol. The minimum absolute atomic E-state index is 0.160. The van der Waals surface area contributed by atoms with Crippen molar-refractivity contribution in [3.05, 3.63) is 29.8 Å². The molecule has 1 aromatic rings. The molecule has 19 heavy (non-hydrogen) atoms. The van der Waals surface area contributed by atoms with Gasteiger partial charge in [0.15, 0.2) is 0 Å². The Kier molecular flexibility index (Phi) is 4.80. The van der Waals surface area contributed by atoms with Crippen LogP contribution in [0, 0.1) is 0 Å². The summed E-state index contributed by atoms with van der Waals surface area (Å²) in [5, 5.41) is 12.5. The van der Waals surface area contributed by atoms with Gasteiger partial charge in [0.2, 0.25) is 5.91 Å². The third-order valence-corrected chi connectivity index (χ3v) is 3.59. The molecule has 1 fully saturated rings. The quantitative estimate of drug-likeness (QED) is 0.871. The lowest BCUT2D eigenvalue weighted by Crippen LogP contribution is -2.46. The first-order valence-electron chi connectivity index (χ1n) is 6.97. The van der Waals surface area contributed by atoms with E-state index in [0.29, 0.717) is 6.54 Å². The fraction of sp³-hybridized carbons (Fsp3) is 0.533. The van der Waals surface area contributed by atoms with Crippen LogP contribution >= 0.6 is 0 Å². The van der Waals surface area contributed by atoms with Crippen molar-refractivity contribution >= 4 is 5.91 Å². The molecule has 0 spiro atoms. The molecule has 1 amide bonds. The second-order valence-corrected chi connectivity index (χ2v) is 5.15. The highest BCUT2D eigenvalue weighted by molar-refractivity contribution is 5.81. The van der Waals surface area contributed by atoms with Gasteiger partial charge in [-0.3, -0.25) is 4.79 Å². The second-order valence-electron chi connectivity index (χ2n) is 5.15. The first-order valence-corrected chi connectivity index (χ1v) is 6.97. The van der Waals surface area contributed by atoms with Crippen molar-refractivity contribution in [3.63, 3.8) is 0 Å². The fourth-order valence-corrected chi connectivity index (χ4v) is 2.36. The fourth-order valence-electron chi connectivity index (χ4n) is 2.36. The Balaban J connectivity index is 1.81. The zero-order chi connectivity index (χ0) is 13.7. The summed E-state index contributed by atoms with van der Waals surface area (Å²) in [7, 11) is 0. The number of nitrogens with one attached hydrogen (secondary N) is 1. The summed E-state index contributed by atoms with van der Waals surface area (Å²) in [6, 6.07) is 6.88. The molecule has 4 heteroatoms. The van der Waals surface area contributed by atoms with E-state index < -0.39 is 0 Å². The molecule has 1 aliphatic rings. The van der Waals surface area contributed by atoms with Gasteiger partial charge in [-0.2, -0.15) is 0 Å². The topological polar surface area (TPSA) is 52.6 Å². The summed E-state index contributed by atoms with van der Waals surface area (Å²) in [5.74, 6) is 0.458. The van der Waals surface area contributed by atoms with Crippen LogP contribution in [0.1, 0.15) is 31.7 Å². The monoisotopic (exact) mass is 262 g/mol. The lowest BCUT2D eigenvalue weighted by atomic mass is 10.1. The van der Waals surface area contributed by atoms with Crippen molar-refractivity contribution in [2.24, 2.45) is 0 Å². The van der Waals surface area contributed by atoms with E-state index in [1.165, 1.54) is 6.42 Å². The smallest absolute Gasteiger partial charge is 0.239 e. The lowest BCUT2D eigenvalue weighted by molar-refractivity contribution is -0.133. The molecule has 0 saturated carbocycles. The van der Waals surface area contributed by atoms with Gasteiger partial charge in [-0.1, -0.05) is 12.1 Å². The normalized spacial score (nSPS) is 17.2. The lowest BCUT2D eigenvalue weighted by Gasteiger charge is -2.29. The van der Waals surface area contributed by atoms with E-state index in [1.54, 1.807) is 12.1 Å². The highest BCUT2D eigenvalue weighted by Crippen LogP contribution is 2.11. The van der Waals surface area contributed by atoms with E-state index in [1.807, 2.05) is 24.0 Å². The van der Waals surface area contributed by atoms with Crippen LogP contribution in [0.5, 0.6) is 5.75 Å². The van der Waals surface area contributed by atoms with Crippen LogP contribution in [-0.2, 0) is 11.3 Å². The Morgan fingerprint density at radius 3 is 2.53 bits per heavy atom. The summed E-state index contributed by atoms with van der Waals surface area (Å²) >= 11 is 0. The number of piperidine rings is 1. The van der Waals surface area contributed by atoms with Crippen molar-refractivity contribution in [2.75, 3.05) is 13.1 Å². The van der Waals surface area contributed by atoms with Gasteiger partial charge >= 0.3 is 0 Å². The van der Waals surface area contributed by atoms with Gasteiger partial charge in [0.25, 0.3) is 0 Å². The number of hydrogen-bond acceptors (Lipinski definition) is 3. The number of rotatable bonds is 4. The summed E-state index contributed by atoms with van der Waals surface area (Å²) in [6.07, 6.45) is 3.48. The Bertz CT molecular complexity index is 411. The molecule has 1 heterocycles. The number of phenols is 1. The highest BCUT2D eigenvalue weighted by atomic mass is 16.3. The van der Waals surface area contributed by atoms with Gasteiger partial charge in [-0.05, 0) is 43.9 Å². The number of aromatic hydroxyl groups is 1. The molecule has 2 rings (SSSR count). The first-order chi connectivity index (χ1) is 9.16. The number of carbonyl (C=O) groups is 1. The maximum Gasteiger partial charge on any atom is 0.239 e. The van der Waals surface area contributed by atoms with Gasteiger partial charge in [0, 0.05) is 19.6 Å². The molecule has 0 bridgehead atoms. The highest BCUT2D eigenvalue weighted by Gasteiger charge is 2.21. The van der Waals surface area contributed by atoms with Crippen molar-refractivity contribution in [1.29, 1.82) is 0 Å². The number of phenolic OH excluding ortho intramolecular Hbond substituents is 1. The Morgan fingerprint density at radius 2 is 1.89 bits per heavy atom. The third-order valence-electron chi connectivity index (χ3n) is 3.59. The number of nitrogens with zero attached hydrogens (tertiary/aromatic N) is 1. The van der Waals surface area contributed by atoms with E-state index in [-0.39, 0.29) is 17.7 Å². The first kappa shape index (κ1) is 13.9. The zero-order valence-corrected chi connectivity index (χ0v) is 11.4. The molecule has 4 nitrogen and oxygen atoms in total. The Hall–Kier alpha value is -1.55.